The van der Waals surface area contributed by atoms with E-state index in [0.717, 1.165) is 0 Å². The Labute approximate surface area is 123 Å². The molecule has 0 aromatic carbocycles. The van der Waals surface area contributed by atoms with Crippen molar-refractivity contribution in [2.75, 3.05) is 20.1 Å². The fourth-order valence-electron chi connectivity index (χ4n) is 2.34. The van der Waals surface area contributed by atoms with Crippen molar-refractivity contribution in [3.05, 3.63) is 16.3 Å². The van der Waals surface area contributed by atoms with E-state index >= 15 is 0 Å². The summed E-state index contributed by atoms with van der Waals surface area (Å²) in [7, 11) is -2.13. The molecule has 1 amide bonds. The van der Waals surface area contributed by atoms with E-state index in [1.165, 1.54) is 29.8 Å². The number of hydrogen-bond acceptors (Lipinski definition) is 5. The number of hydrogen-bond donors (Lipinski definition) is 2. The molecule has 1 fully saturated rings. The number of thiophene rings is 1. The Kier molecular flexibility index (Phi) is 4.48. The second kappa shape index (κ2) is 5.80. The van der Waals surface area contributed by atoms with Gasteiger partial charge in [0.05, 0.1) is 9.77 Å². The van der Waals surface area contributed by atoms with Crippen LogP contribution in [0.5, 0.6) is 0 Å². The first-order valence-corrected chi connectivity index (χ1v) is 8.77. The van der Waals surface area contributed by atoms with Crippen LogP contribution in [-0.2, 0) is 10.0 Å². The van der Waals surface area contributed by atoms with E-state index in [1.807, 2.05) is 13.8 Å². The normalized spacial score (nSPS) is 23.9. The minimum absolute atomic E-state index is 0.104. The molecule has 0 spiro atoms. The minimum Gasteiger partial charge on any atom is -0.335 e. The number of nitrogens with one attached hydrogen (secondary N) is 2. The summed E-state index contributed by atoms with van der Waals surface area (Å²) in [5.41, 5.74) is 0. The van der Waals surface area contributed by atoms with Gasteiger partial charge in [-0.3, -0.25) is 4.79 Å². The standard InChI is InChI=1S/C12H19N3O3S2/c1-8-5-15(6-9(2)14-8)12(16)11-4-10(7-19-11)20(17,18)13-3/h4,7-9,13-14H,5-6H2,1-3H3/t8-,9-/m0/s1. The Morgan fingerprint density at radius 2 is 2.00 bits per heavy atom. The van der Waals surface area contributed by atoms with Crippen LogP contribution in [0.2, 0.25) is 0 Å². The van der Waals surface area contributed by atoms with Gasteiger partial charge < -0.3 is 10.2 Å². The third kappa shape index (κ3) is 3.20. The molecule has 2 N–H and O–H groups in total. The highest BCUT2D eigenvalue weighted by molar-refractivity contribution is 7.89. The number of carbonyl (C=O) groups is 1. The van der Waals surface area contributed by atoms with Crippen LogP contribution in [0.25, 0.3) is 0 Å². The smallest absolute Gasteiger partial charge is 0.264 e. The Hall–Kier alpha value is -0.960. The molecular weight excluding hydrogens is 298 g/mol. The molecular formula is C12H19N3O3S2. The fourth-order valence-corrected chi connectivity index (χ4v) is 4.31. The molecule has 1 aromatic rings. The quantitative estimate of drug-likeness (QED) is 0.850. The summed E-state index contributed by atoms with van der Waals surface area (Å²) in [4.78, 5) is 14.8. The van der Waals surface area contributed by atoms with E-state index in [-0.39, 0.29) is 22.9 Å². The van der Waals surface area contributed by atoms with Crippen molar-refractivity contribution in [1.29, 1.82) is 0 Å². The molecule has 1 aliphatic heterocycles. The van der Waals surface area contributed by atoms with E-state index in [4.69, 9.17) is 0 Å². The largest absolute Gasteiger partial charge is 0.335 e. The predicted octanol–water partition coefficient (Wildman–Crippen LogP) is 0.479. The fraction of sp³-hybridized carbons (Fsp3) is 0.583. The van der Waals surface area contributed by atoms with Crippen molar-refractivity contribution in [2.24, 2.45) is 0 Å². The van der Waals surface area contributed by atoms with Crippen LogP contribution in [0.4, 0.5) is 0 Å². The molecule has 2 heterocycles. The zero-order valence-corrected chi connectivity index (χ0v) is 13.3. The molecule has 0 bridgehead atoms. The Balaban J connectivity index is 2.18. The van der Waals surface area contributed by atoms with Crippen LogP contribution >= 0.6 is 11.3 Å². The van der Waals surface area contributed by atoms with Crippen LogP contribution in [0, 0.1) is 0 Å². The van der Waals surface area contributed by atoms with Crippen molar-refractivity contribution in [3.8, 4) is 0 Å². The van der Waals surface area contributed by atoms with Gasteiger partial charge in [-0.25, -0.2) is 13.1 Å². The average Bonchev–Trinajstić information content (AvgIpc) is 2.87. The number of amides is 1. The lowest BCUT2D eigenvalue weighted by molar-refractivity contribution is 0.0678. The highest BCUT2D eigenvalue weighted by Gasteiger charge is 2.27. The second-order valence-electron chi connectivity index (χ2n) is 5.03. The topological polar surface area (TPSA) is 78.5 Å². The lowest BCUT2D eigenvalue weighted by Gasteiger charge is -2.35. The second-order valence-corrected chi connectivity index (χ2v) is 7.83. The molecule has 0 aliphatic carbocycles. The van der Waals surface area contributed by atoms with Gasteiger partial charge in [-0.15, -0.1) is 11.3 Å². The molecule has 112 valence electrons. The van der Waals surface area contributed by atoms with Gasteiger partial charge in [0, 0.05) is 30.6 Å². The molecule has 6 nitrogen and oxygen atoms in total. The lowest BCUT2D eigenvalue weighted by Crippen LogP contribution is -2.55. The van der Waals surface area contributed by atoms with Crippen LogP contribution in [-0.4, -0.2) is 51.4 Å². The molecule has 0 unspecified atom stereocenters. The summed E-state index contributed by atoms with van der Waals surface area (Å²) in [5.74, 6) is -0.104. The summed E-state index contributed by atoms with van der Waals surface area (Å²) in [6, 6.07) is 1.92. The maximum Gasteiger partial charge on any atom is 0.264 e. The van der Waals surface area contributed by atoms with Crippen molar-refractivity contribution in [3.63, 3.8) is 0 Å². The van der Waals surface area contributed by atoms with Gasteiger partial charge in [0.2, 0.25) is 10.0 Å². The van der Waals surface area contributed by atoms with Crippen molar-refractivity contribution >= 4 is 27.3 Å². The lowest BCUT2D eigenvalue weighted by atomic mass is 10.1. The van der Waals surface area contributed by atoms with E-state index in [1.54, 1.807) is 4.90 Å². The number of nitrogens with zero attached hydrogens (tertiary/aromatic N) is 1. The van der Waals surface area contributed by atoms with E-state index in [9.17, 15) is 13.2 Å². The number of carbonyl (C=O) groups excluding carboxylic acids is 1. The Morgan fingerprint density at radius 1 is 1.40 bits per heavy atom. The number of sulfonamides is 1. The summed E-state index contributed by atoms with van der Waals surface area (Å²) >= 11 is 1.17. The highest BCUT2D eigenvalue weighted by atomic mass is 32.2. The van der Waals surface area contributed by atoms with Crippen LogP contribution in [0.15, 0.2) is 16.3 Å². The van der Waals surface area contributed by atoms with E-state index in [0.29, 0.717) is 18.0 Å². The first-order chi connectivity index (χ1) is 9.33. The van der Waals surface area contributed by atoms with Crippen molar-refractivity contribution < 1.29 is 13.2 Å². The molecule has 8 heteroatoms. The van der Waals surface area contributed by atoms with Gasteiger partial charge in [0.1, 0.15) is 0 Å². The molecule has 2 rings (SSSR count). The molecule has 0 radical (unpaired) electrons. The van der Waals surface area contributed by atoms with E-state index in [2.05, 4.69) is 10.0 Å². The first kappa shape index (κ1) is 15.4. The van der Waals surface area contributed by atoms with Crippen LogP contribution in [0.1, 0.15) is 23.5 Å². The SMILES string of the molecule is CNS(=O)(=O)c1csc(C(=O)N2C[C@H](C)N[C@@H](C)C2)c1. The first-order valence-electron chi connectivity index (χ1n) is 6.41. The van der Waals surface area contributed by atoms with Gasteiger partial charge in [0.15, 0.2) is 0 Å². The molecule has 1 aromatic heterocycles. The molecule has 20 heavy (non-hydrogen) atoms. The highest BCUT2D eigenvalue weighted by Crippen LogP contribution is 2.21. The monoisotopic (exact) mass is 317 g/mol. The Bertz CT molecular complexity index is 587. The maximum absolute atomic E-state index is 12.4. The minimum atomic E-state index is -3.49. The maximum atomic E-state index is 12.4. The van der Waals surface area contributed by atoms with Gasteiger partial charge in [-0.2, -0.15) is 0 Å². The van der Waals surface area contributed by atoms with Crippen LogP contribution < -0.4 is 10.0 Å². The third-order valence-electron chi connectivity index (χ3n) is 3.21. The van der Waals surface area contributed by atoms with E-state index < -0.39 is 10.0 Å². The summed E-state index contributed by atoms with van der Waals surface area (Å²) in [6.07, 6.45) is 0. The molecule has 1 saturated heterocycles. The zero-order chi connectivity index (χ0) is 14.9. The molecule has 1 aliphatic rings. The average molecular weight is 317 g/mol. The summed E-state index contributed by atoms with van der Waals surface area (Å²) < 4.78 is 25.6. The van der Waals surface area contributed by atoms with Crippen molar-refractivity contribution in [2.45, 2.75) is 30.8 Å². The van der Waals surface area contributed by atoms with Gasteiger partial charge >= 0.3 is 0 Å². The molecule has 0 saturated carbocycles. The number of piperazine rings is 1. The summed E-state index contributed by atoms with van der Waals surface area (Å²) in [6.45, 7) is 5.33. The third-order valence-corrected chi connectivity index (χ3v) is 5.67. The van der Waals surface area contributed by atoms with Crippen molar-refractivity contribution in [1.82, 2.24) is 14.9 Å². The molecule has 2 atom stereocenters. The van der Waals surface area contributed by atoms with Gasteiger partial charge in [-0.05, 0) is 27.0 Å². The Morgan fingerprint density at radius 3 is 2.55 bits per heavy atom. The van der Waals surface area contributed by atoms with Crippen LogP contribution in [0.3, 0.4) is 0 Å². The van der Waals surface area contributed by atoms with Gasteiger partial charge in [-0.1, -0.05) is 0 Å². The summed E-state index contributed by atoms with van der Waals surface area (Å²) in [5, 5.41) is 4.85. The number of rotatable bonds is 3. The zero-order valence-electron chi connectivity index (χ0n) is 11.7. The predicted molar refractivity (Wildman–Crippen MR) is 78.5 cm³/mol. The van der Waals surface area contributed by atoms with Gasteiger partial charge in [0.25, 0.3) is 5.91 Å².